The van der Waals surface area contributed by atoms with Gasteiger partial charge in [0.15, 0.2) is 0 Å². The van der Waals surface area contributed by atoms with Crippen LogP contribution in [0.4, 0.5) is 0 Å². The lowest BCUT2D eigenvalue weighted by Gasteiger charge is -2.18. The Balaban J connectivity index is 2.11. The molecule has 1 unspecified atom stereocenters. The summed E-state index contributed by atoms with van der Waals surface area (Å²) in [5, 5.41) is 0. The Morgan fingerprint density at radius 3 is 2.07 bits per heavy atom. The highest BCUT2D eigenvalue weighted by Crippen LogP contribution is 2.56. The number of rotatable bonds is 5. The topological polar surface area (TPSA) is 37.1 Å². The fourth-order valence-corrected chi connectivity index (χ4v) is 7.17. The Bertz CT molecular complexity index is 969. The van der Waals surface area contributed by atoms with E-state index in [0.29, 0.717) is 4.90 Å². The van der Waals surface area contributed by atoms with Crippen LogP contribution in [0.15, 0.2) is 53.9 Å². The molecule has 1 aliphatic heterocycles. The van der Waals surface area contributed by atoms with Crippen LogP contribution < -0.4 is 0 Å². The lowest BCUT2D eigenvalue weighted by Crippen LogP contribution is -2.23. The molecule has 1 fully saturated rings. The Morgan fingerprint density at radius 1 is 1.07 bits per heavy atom. The molecule has 3 atom stereocenters. The van der Waals surface area contributed by atoms with Gasteiger partial charge < -0.3 is 0 Å². The van der Waals surface area contributed by atoms with Crippen LogP contribution in [0.25, 0.3) is 5.57 Å². The molecule has 4 heteroatoms. The van der Waals surface area contributed by atoms with Crippen LogP contribution in [0.1, 0.15) is 43.0 Å². The molecule has 1 aliphatic rings. The fourth-order valence-electron chi connectivity index (χ4n) is 4.62. The van der Waals surface area contributed by atoms with E-state index in [0.717, 1.165) is 27.8 Å². The number of hydrogen-bond donors (Lipinski definition) is 0. The Kier molecular flexibility index (Phi) is 4.86. The van der Waals surface area contributed by atoms with Crippen molar-refractivity contribution in [2.24, 2.45) is 5.92 Å². The van der Waals surface area contributed by atoms with Gasteiger partial charge in [0.05, 0.1) is 16.5 Å². The third-order valence-corrected chi connectivity index (χ3v) is 7.99. The van der Waals surface area contributed by atoms with Crippen molar-refractivity contribution in [1.82, 2.24) is 4.31 Å². The van der Waals surface area contributed by atoms with Crippen molar-refractivity contribution in [1.29, 1.82) is 0 Å². The molecule has 3 nitrogen and oxygen atoms in total. The van der Waals surface area contributed by atoms with Crippen molar-refractivity contribution in [2.75, 3.05) is 0 Å². The lowest BCUT2D eigenvalue weighted by molar-refractivity contribution is 0.515. The second-order valence-electron chi connectivity index (χ2n) is 8.21. The molecule has 2 aromatic carbocycles. The second kappa shape index (κ2) is 6.61. The first-order chi connectivity index (χ1) is 12.5. The van der Waals surface area contributed by atoms with Gasteiger partial charge in [0.2, 0.25) is 10.0 Å². The summed E-state index contributed by atoms with van der Waals surface area (Å²) in [7, 11) is -3.63. The maximum Gasteiger partial charge on any atom is 0.244 e. The van der Waals surface area contributed by atoms with E-state index in [9.17, 15) is 8.42 Å². The van der Waals surface area contributed by atoms with Gasteiger partial charge in [-0.3, -0.25) is 0 Å². The zero-order chi connectivity index (χ0) is 20.1. The predicted molar refractivity (Wildman–Crippen MR) is 112 cm³/mol. The summed E-state index contributed by atoms with van der Waals surface area (Å²) >= 11 is 0. The minimum absolute atomic E-state index is 0.102. The van der Waals surface area contributed by atoms with Crippen LogP contribution in [-0.4, -0.2) is 24.3 Å². The maximum atomic E-state index is 13.7. The summed E-state index contributed by atoms with van der Waals surface area (Å²) in [6, 6.07) is 13.7. The summed E-state index contributed by atoms with van der Waals surface area (Å²) in [5.74, 6) is 0.191. The van der Waals surface area contributed by atoms with Crippen LogP contribution in [0.2, 0.25) is 0 Å². The molecule has 27 heavy (non-hydrogen) atoms. The van der Waals surface area contributed by atoms with E-state index < -0.39 is 15.6 Å². The van der Waals surface area contributed by atoms with Gasteiger partial charge in [0.1, 0.15) is 0 Å². The second-order valence-corrected chi connectivity index (χ2v) is 9.96. The van der Waals surface area contributed by atoms with E-state index in [1.54, 1.807) is 4.31 Å². The largest absolute Gasteiger partial charge is 0.244 e. The van der Waals surface area contributed by atoms with E-state index in [2.05, 4.69) is 20.4 Å². The predicted octanol–water partition coefficient (Wildman–Crippen LogP) is 5.11. The van der Waals surface area contributed by atoms with Crippen LogP contribution in [0.3, 0.4) is 0 Å². The molecule has 0 N–H and O–H groups in total. The Hall–Kier alpha value is -1.91. The molecule has 0 aromatic heterocycles. The SMILES string of the molecule is C=C(c1ccccc1)[C@@]1(C)[C@H](C(C)C)N1S(=O)(=O)c1c(C)cc(C)cc1C. The first kappa shape index (κ1) is 19.8. The molecule has 3 rings (SSSR count). The Labute approximate surface area is 163 Å². The van der Waals surface area contributed by atoms with Crippen molar-refractivity contribution in [2.45, 2.75) is 58.0 Å². The Morgan fingerprint density at radius 2 is 1.59 bits per heavy atom. The monoisotopic (exact) mass is 383 g/mol. The number of benzene rings is 2. The van der Waals surface area contributed by atoms with Crippen molar-refractivity contribution in [3.8, 4) is 0 Å². The van der Waals surface area contributed by atoms with Gasteiger partial charge in [0, 0.05) is 0 Å². The van der Waals surface area contributed by atoms with Gasteiger partial charge in [0.25, 0.3) is 0 Å². The molecule has 0 amide bonds. The number of nitrogens with zero attached hydrogens (tertiary/aromatic N) is 1. The normalized spacial score (nSPS) is 24.9. The van der Waals surface area contributed by atoms with Crippen molar-refractivity contribution < 1.29 is 8.42 Å². The van der Waals surface area contributed by atoms with Gasteiger partial charge in [-0.25, -0.2) is 8.42 Å². The zero-order valence-corrected chi connectivity index (χ0v) is 17.9. The summed E-state index contributed by atoms with van der Waals surface area (Å²) in [6.45, 7) is 16.2. The van der Waals surface area contributed by atoms with E-state index in [1.807, 2.05) is 70.2 Å². The molecular formula is C23H29NO2S. The van der Waals surface area contributed by atoms with Crippen LogP contribution in [-0.2, 0) is 10.0 Å². The molecule has 1 heterocycles. The minimum atomic E-state index is -3.63. The molecular weight excluding hydrogens is 354 g/mol. The van der Waals surface area contributed by atoms with Gasteiger partial charge >= 0.3 is 0 Å². The molecule has 1 saturated heterocycles. The highest BCUT2D eigenvalue weighted by atomic mass is 32.2. The van der Waals surface area contributed by atoms with Gasteiger partial charge in [-0.05, 0) is 55.9 Å². The smallest absolute Gasteiger partial charge is 0.207 e. The molecule has 0 radical (unpaired) electrons. The molecule has 0 bridgehead atoms. The molecule has 0 aliphatic carbocycles. The van der Waals surface area contributed by atoms with Crippen LogP contribution in [0, 0.1) is 26.7 Å². The highest BCUT2D eigenvalue weighted by molar-refractivity contribution is 7.89. The third kappa shape index (κ3) is 3.05. The van der Waals surface area contributed by atoms with Crippen molar-refractivity contribution in [3.05, 3.63) is 71.3 Å². The molecule has 144 valence electrons. The first-order valence-corrected chi connectivity index (χ1v) is 10.8. The molecule has 0 saturated carbocycles. The third-order valence-electron chi connectivity index (χ3n) is 5.70. The van der Waals surface area contributed by atoms with E-state index in [-0.39, 0.29) is 12.0 Å². The summed E-state index contributed by atoms with van der Waals surface area (Å²) < 4.78 is 29.1. The number of hydrogen-bond acceptors (Lipinski definition) is 2. The molecule has 2 aromatic rings. The highest BCUT2D eigenvalue weighted by Gasteiger charge is 2.68. The quantitative estimate of drug-likeness (QED) is 0.673. The zero-order valence-electron chi connectivity index (χ0n) is 17.1. The van der Waals surface area contributed by atoms with Gasteiger partial charge in [-0.15, -0.1) is 0 Å². The van der Waals surface area contributed by atoms with Crippen molar-refractivity contribution in [3.63, 3.8) is 0 Å². The average Bonchev–Trinajstić information content (AvgIpc) is 3.22. The van der Waals surface area contributed by atoms with Crippen LogP contribution >= 0.6 is 0 Å². The van der Waals surface area contributed by atoms with Gasteiger partial charge in [-0.2, -0.15) is 4.31 Å². The minimum Gasteiger partial charge on any atom is -0.207 e. The van der Waals surface area contributed by atoms with Crippen LogP contribution in [0.5, 0.6) is 0 Å². The van der Waals surface area contributed by atoms with E-state index in [1.165, 1.54) is 0 Å². The molecule has 0 spiro atoms. The summed E-state index contributed by atoms with van der Waals surface area (Å²) in [4.78, 5) is 0.434. The summed E-state index contributed by atoms with van der Waals surface area (Å²) in [5.41, 5.74) is 3.90. The van der Waals surface area contributed by atoms with E-state index in [4.69, 9.17) is 0 Å². The first-order valence-electron chi connectivity index (χ1n) is 9.40. The lowest BCUT2D eigenvalue weighted by atomic mass is 9.88. The summed E-state index contributed by atoms with van der Waals surface area (Å²) in [6.07, 6.45) is 0. The fraction of sp³-hybridized carbons (Fsp3) is 0.391. The van der Waals surface area contributed by atoms with Crippen molar-refractivity contribution >= 4 is 15.6 Å². The van der Waals surface area contributed by atoms with E-state index >= 15 is 0 Å². The number of sulfonamides is 1. The van der Waals surface area contributed by atoms with Gasteiger partial charge in [-0.1, -0.05) is 68.5 Å². The standard InChI is InChI=1S/C23H29NO2S/c1-15(2)22-23(7,19(6)20-11-9-8-10-12-20)24(22)27(25,26)21-17(4)13-16(3)14-18(21)5/h8-15,22H,6H2,1-5,7H3/t22-,23-,24?/m0/s1. The number of aryl methyl sites for hydroxylation is 3. The maximum absolute atomic E-state index is 13.7. The average molecular weight is 384 g/mol.